The lowest BCUT2D eigenvalue weighted by Crippen LogP contribution is -2.13. The Morgan fingerprint density at radius 3 is 2.03 bits per heavy atom. The van der Waals surface area contributed by atoms with Crippen molar-refractivity contribution in [2.24, 2.45) is 0 Å². The summed E-state index contributed by atoms with van der Waals surface area (Å²) in [7, 11) is -4.10. The second-order valence-electron chi connectivity index (χ2n) is 5.79. The van der Waals surface area contributed by atoms with Crippen molar-refractivity contribution in [1.82, 2.24) is 10.2 Å². The Balaban J connectivity index is 1.92. The molecule has 3 aromatic rings. The van der Waals surface area contributed by atoms with E-state index in [0.29, 0.717) is 12.1 Å². The molecule has 0 fully saturated rings. The van der Waals surface area contributed by atoms with Crippen molar-refractivity contribution in [2.45, 2.75) is 17.2 Å². The smallest absolute Gasteiger partial charge is 0.416 e. The molecule has 0 spiro atoms. The normalized spacial score (nSPS) is 12.6. The molecular formula is C16H8BrF6N3O3S2. The van der Waals surface area contributed by atoms with Crippen LogP contribution >= 0.6 is 27.3 Å². The number of benzene rings is 2. The van der Waals surface area contributed by atoms with E-state index < -0.39 is 39.3 Å². The van der Waals surface area contributed by atoms with Crippen molar-refractivity contribution in [1.29, 1.82) is 0 Å². The summed E-state index contributed by atoms with van der Waals surface area (Å²) in [5.41, 5.74) is -1.79. The number of rotatable bonds is 5. The molecule has 0 atom stereocenters. The summed E-state index contributed by atoms with van der Waals surface area (Å²) < 4.78 is 110. The minimum atomic E-state index is -5.03. The van der Waals surface area contributed by atoms with Crippen LogP contribution in [0.25, 0.3) is 0 Å². The maximum Gasteiger partial charge on any atom is 0.416 e. The van der Waals surface area contributed by atoms with Crippen LogP contribution in [0.15, 0.2) is 51.3 Å². The molecule has 0 aliphatic heterocycles. The number of aromatic nitrogens is 2. The highest BCUT2D eigenvalue weighted by atomic mass is 79.9. The van der Waals surface area contributed by atoms with Gasteiger partial charge in [0.1, 0.15) is 21.9 Å². The van der Waals surface area contributed by atoms with Crippen LogP contribution in [0.5, 0.6) is 11.5 Å². The van der Waals surface area contributed by atoms with Crippen LogP contribution < -0.4 is 9.46 Å². The molecule has 31 heavy (non-hydrogen) atoms. The second kappa shape index (κ2) is 8.27. The molecule has 0 radical (unpaired) electrons. The zero-order valence-electron chi connectivity index (χ0n) is 14.6. The minimum Gasteiger partial charge on any atom is -0.457 e. The van der Waals surface area contributed by atoms with E-state index in [-0.39, 0.29) is 26.3 Å². The topological polar surface area (TPSA) is 81.2 Å². The van der Waals surface area contributed by atoms with Crippen molar-refractivity contribution in [3.63, 3.8) is 0 Å². The summed E-state index contributed by atoms with van der Waals surface area (Å²) in [5, 5.41) is 7.02. The van der Waals surface area contributed by atoms with E-state index in [9.17, 15) is 34.8 Å². The van der Waals surface area contributed by atoms with Gasteiger partial charge in [0.2, 0.25) is 5.13 Å². The van der Waals surface area contributed by atoms with Gasteiger partial charge in [0.25, 0.3) is 10.0 Å². The molecule has 0 saturated heterocycles. The van der Waals surface area contributed by atoms with Gasteiger partial charge in [-0.05, 0) is 52.3 Å². The average Bonchev–Trinajstić information content (AvgIpc) is 3.12. The van der Waals surface area contributed by atoms with Gasteiger partial charge in [0.05, 0.1) is 11.1 Å². The molecule has 166 valence electrons. The Morgan fingerprint density at radius 2 is 1.55 bits per heavy atom. The summed E-state index contributed by atoms with van der Waals surface area (Å²) in [6.07, 6.45) is -10.1. The number of nitrogens with one attached hydrogen (secondary N) is 1. The fourth-order valence-electron chi connectivity index (χ4n) is 2.27. The van der Waals surface area contributed by atoms with E-state index >= 15 is 0 Å². The molecule has 1 heterocycles. The average molecular weight is 548 g/mol. The molecule has 2 aromatic carbocycles. The lowest BCUT2D eigenvalue weighted by atomic mass is 10.1. The highest BCUT2D eigenvalue weighted by Gasteiger charge is 2.37. The number of hydrogen-bond acceptors (Lipinski definition) is 6. The third kappa shape index (κ3) is 5.65. The SMILES string of the molecule is O=S(=O)(Nc1nncs1)c1ccc(Oc2cc(C(F)(F)F)cc(C(F)(F)F)c2)cc1Br. The molecule has 3 rings (SSSR count). The first-order valence-corrected chi connectivity index (χ1v) is 11.0. The zero-order chi connectivity index (χ0) is 23.0. The quantitative estimate of drug-likeness (QED) is 0.400. The van der Waals surface area contributed by atoms with Gasteiger partial charge in [-0.25, -0.2) is 8.42 Å². The van der Waals surface area contributed by atoms with Crippen molar-refractivity contribution in [3.8, 4) is 11.5 Å². The Kier molecular flexibility index (Phi) is 6.21. The molecule has 0 unspecified atom stereocenters. The number of anilines is 1. The van der Waals surface area contributed by atoms with Gasteiger partial charge >= 0.3 is 12.4 Å². The van der Waals surface area contributed by atoms with Crippen LogP contribution in [0, 0.1) is 0 Å². The van der Waals surface area contributed by atoms with Gasteiger partial charge in [-0.1, -0.05) is 11.3 Å². The van der Waals surface area contributed by atoms with Gasteiger partial charge in [-0.15, -0.1) is 10.2 Å². The van der Waals surface area contributed by atoms with Gasteiger partial charge in [-0.2, -0.15) is 26.3 Å². The molecule has 1 N–H and O–H groups in total. The summed E-state index contributed by atoms with van der Waals surface area (Å²) in [6.45, 7) is 0. The summed E-state index contributed by atoms with van der Waals surface area (Å²) in [5.74, 6) is -0.925. The highest BCUT2D eigenvalue weighted by molar-refractivity contribution is 9.10. The fourth-order valence-corrected chi connectivity index (χ4v) is 5.02. The van der Waals surface area contributed by atoms with Crippen LogP contribution in [0.4, 0.5) is 31.5 Å². The second-order valence-corrected chi connectivity index (χ2v) is 9.12. The Labute approximate surface area is 183 Å². The van der Waals surface area contributed by atoms with Crippen molar-refractivity contribution < 1.29 is 39.5 Å². The van der Waals surface area contributed by atoms with Crippen LogP contribution in [0.2, 0.25) is 0 Å². The zero-order valence-corrected chi connectivity index (χ0v) is 17.8. The highest BCUT2D eigenvalue weighted by Crippen LogP contribution is 2.39. The van der Waals surface area contributed by atoms with E-state index in [4.69, 9.17) is 4.74 Å². The number of sulfonamides is 1. The van der Waals surface area contributed by atoms with Crippen LogP contribution in [0.1, 0.15) is 11.1 Å². The minimum absolute atomic E-state index is 0.00382. The largest absolute Gasteiger partial charge is 0.457 e. The summed E-state index contributed by atoms with van der Waals surface area (Å²) in [4.78, 5) is -0.268. The molecule has 0 aliphatic carbocycles. The Morgan fingerprint density at radius 1 is 0.935 bits per heavy atom. The number of alkyl halides is 6. The molecule has 0 saturated carbocycles. The maximum absolute atomic E-state index is 13.0. The first kappa shape index (κ1) is 23.3. The van der Waals surface area contributed by atoms with Gasteiger partial charge < -0.3 is 4.74 Å². The molecule has 0 amide bonds. The van der Waals surface area contributed by atoms with Crippen molar-refractivity contribution in [3.05, 3.63) is 57.5 Å². The van der Waals surface area contributed by atoms with E-state index in [0.717, 1.165) is 29.5 Å². The number of hydrogen-bond donors (Lipinski definition) is 1. The predicted molar refractivity (Wildman–Crippen MR) is 101 cm³/mol. The van der Waals surface area contributed by atoms with E-state index in [1.165, 1.54) is 5.51 Å². The lowest BCUT2D eigenvalue weighted by molar-refractivity contribution is -0.143. The standard InChI is InChI=1S/C16H8BrF6N3O3S2/c17-12-6-10(1-2-13(12)31(27,28)26-14-25-24-7-30-14)29-11-4-8(15(18,19)20)3-9(5-11)16(21,22)23/h1-7H,(H,25,26). The molecule has 0 bridgehead atoms. The summed E-state index contributed by atoms with van der Waals surface area (Å²) in [6, 6.07) is 4.00. The fraction of sp³-hybridized carbons (Fsp3) is 0.125. The third-order valence-corrected chi connectivity index (χ3v) is 6.62. The first-order chi connectivity index (χ1) is 14.3. The van der Waals surface area contributed by atoms with Crippen molar-refractivity contribution >= 4 is 42.4 Å². The van der Waals surface area contributed by atoms with Gasteiger partial charge in [0, 0.05) is 4.47 Å². The Bertz CT molecular complexity index is 1170. The maximum atomic E-state index is 13.0. The Hall–Kier alpha value is -2.39. The van der Waals surface area contributed by atoms with E-state index in [1.807, 2.05) is 0 Å². The number of nitrogens with zero attached hydrogens (tertiary/aromatic N) is 2. The van der Waals surface area contributed by atoms with Gasteiger partial charge in [-0.3, -0.25) is 4.72 Å². The lowest BCUT2D eigenvalue weighted by Gasteiger charge is -2.15. The predicted octanol–water partition coefficient (Wildman–Crippen LogP) is 5.93. The van der Waals surface area contributed by atoms with E-state index in [1.54, 1.807) is 0 Å². The first-order valence-electron chi connectivity index (χ1n) is 7.81. The number of halogens is 7. The van der Waals surface area contributed by atoms with Gasteiger partial charge in [0.15, 0.2) is 0 Å². The van der Waals surface area contributed by atoms with E-state index in [2.05, 4.69) is 30.8 Å². The molecule has 15 heteroatoms. The monoisotopic (exact) mass is 547 g/mol. The van der Waals surface area contributed by atoms with Crippen LogP contribution in [-0.4, -0.2) is 18.6 Å². The van der Waals surface area contributed by atoms with Crippen molar-refractivity contribution in [2.75, 3.05) is 4.72 Å². The van der Waals surface area contributed by atoms with Crippen LogP contribution in [-0.2, 0) is 22.4 Å². The number of ether oxygens (including phenoxy) is 1. The van der Waals surface area contributed by atoms with Crippen LogP contribution in [0.3, 0.4) is 0 Å². The summed E-state index contributed by atoms with van der Waals surface area (Å²) >= 11 is 3.93. The molecule has 0 aliphatic rings. The molecular weight excluding hydrogens is 540 g/mol. The third-order valence-electron chi connectivity index (χ3n) is 3.57. The molecule has 6 nitrogen and oxygen atoms in total. The molecule has 1 aromatic heterocycles.